The quantitative estimate of drug-likeness (QED) is 0.523. The minimum atomic E-state index is 0.0116. The number of ether oxygens (including phenoxy) is 2. The Morgan fingerprint density at radius 2 is 1.94 bits per heavy atom. The van der Waals surface area contributed by atoms with Crippen LogP contribution in [0.25, 0.3) is 17.2 Å². The Labute approximate surface area is 182 Å². The van der Waals surface area contributed by atoms with Crippen molar-refractivity contribution in [3.05, 3.63) is 60.0 Å². The predicted octanol–water partition coefficient (Wildman–Crippen LogP) is 5.04. The van der Waals surface area contributed by atoms with E-state index in [0.29, 0.717) is 24.6 Å². The van der Waals surface area contributed by atoms with E-state index in [1.165, 1.54) is 0 Å². The molecule has 1 aliphatic heterocycles. The zero-order valence-corrected chi connectivity index (χ0v) is 18.2. The van der Waals surface area contributed by atoms with Crippen molar-refractivity contribution in [3.8, 4) is 11.5 Å². The number of nitrogens with zero attached hydrogens (tertiary/aromatic N) is 2. The number of carbonyl (C=O) groups excluding carboxylic acids is 1. The summed E-state index contributed by atoms with van der Waals surface area (Å²) in [5.74, 6) is 2.39. The van der Waals surface area contributed by atoms with Crippen LogP contribution in [-0.4, -0.2) is 42.1 Å². The van der Waals surface area contributed by atoms with Crippen LogP contribution in [0.1, 0.15) is 44.1 Å². The van der Waals surface area contributed by atoms with Gasteiger partial charge < -0.3 is 18.8 Å². The SMILES string of the molecule is COc1cc(/C=C/C(=O)N2CCC(c3nc4ccccc4o3)CC2)ccc1OC(C)C. The molecule has 0 aliphatic carbocycles. The summed E-state index contributed by atoms with van der Waals surface area (Å²) in [7, 11) is 1.61. The van der Waals surface area contributed by atoms with Crippen molar-refractivity contribution in [2.75, 3.05) is 20.2 Å². The van der Waals surface area contributed by atoms with Gasteiger partial charge in [-0.3, -0.25) is 4.79 Å². The van der Waals surface area contributed by atoms with Crippen LogP contribution >= 0.6 is 0 Å². The Kier molecular flexibility index (Phi) is 6.26. The molecule has 1 aliphatic rings. The monoisotopic (exact) mass is 420 g/mol. The fraction of sp³-hybridized carbons (Fsp3) is 0.360. The summed E-state index contributed by atoms with van der Waals surface area (Å²) in [5.41, 5.74) is 2.60. The van der Waals surface area contributed by atoms with Crippen LogP contribution in [0.3, 0.4) is 0 Å². The molecule has 0 unspecified atom stereocenters. The number of oxazole rings is 1. The number of likely N-dealkylation sites (tertiary alicyclic amines) is 1. The number of para-hydroxylation sites is 2. The number of amides is 1. The number of fused-ring (bicyclic) bond motifs is 1. The first-order valence-corrected chi connectivity index (χ1v) is 10.7. The number of aromatic nitrogens is 1. The van der Waals surface area contributed by atoms with E-state index < -0.39 is 0 Å². The van der Waals surface area contributed by atoms with E-state index in [-0.39, 0.29) is 17.9 Å². The van der Waals surface area contributed by atoms with Crippen molar-refractivity contribution in [2.45, 2.75) is 38.7 Å². The molecule has 31 heavy (non-hydrogen) atoms. The van der Waals surface area contributed by atoms with Crippen molar-refractivity contribution in [1.29, 1.82) is 0 Å². The number of hydrogen-bond donors (Lipinski definition) is 0. The molecule has 1 amide bonds. The summed E-state index contributed by atoms with van der Waals surface area (Å²) in [4.78, 5) is 19.2. The van der Waals surface area contributed by atoms with E-state index >= 15 is 0 Å². The maximum Gasteiger partial charge on any atom is 0.246 e. The third-order valence-electron chi connectivity index (χ3n) is 5.44. The molecule has 4 rings (SSSR count). The van der Waals surface area contributed by atoms with Crippen molar-refractivity contribution >= 4 is 23.1 Å². The molecule has 0 atom stereocenters. The van der Waals surface area contributed by atoms with Gasteiger partial charge in [0, 0.05) is 25.1 Å². The Morgan fingerprint density at radius 1 is 1.16 bits per heavy atom. The van der Waals surface area contributed by atoms with Crippen LogP contribution < -0.4 is 9.47 Å². The molecule has 1 fully saturated rings. The number of benzene rings is 2. The van der Waals surface area contributed by atoms with E-state index in [2.05, 4.69) is 4.98 Å². The Bertz CT molecular complexity index is 1050. The molecule has 0 radical (unpaired) electrons. The normalized spacial score (nSPS) is 15.2. The van der Waals surface area contributed by atoms with E-state index in [4.69, 9.17) is 13.9 Å². The zero-order chi connectivity index (χ0) is 21.8. The highest BCUT2D eigenvalue weighted by Gasteiger charge is 2.26. The summed E-state index contributed by atoms with van der Waals surface area (Å²) < 4.78 is 17.1. The largest absolute Gasteiger partial charge is 0.493 e. The highest BCUT2D eigenvalue weighted by atomic mass is 16.5. The van der Waals surface area contributed by atoms with Crippen LogP contribution in [-0.2, 0) is 4.79 Å². The molecule has 0 saturated carbocycles. The lowest BCUT2D eigenvalue weighted by molar-refractivity contribution is -0.127. The third-order valence-corrected chi connectivity index (χ3v) is 5.44. The lowest BCUT2D eigenvalue weighted by Gasteiger charge is -2.29. The maximum atomic E-state index is 12.7. The molecule has 1 aromatic heterocycles. The predicted molar refractivity (Wildman–Crippen MR) is 120 cm³/mol. The van der Waals surface area contributed by atoms with Gasteiger partial charge in [-0.25, -0.2) is 4.98 Å². The van der Waals surface area contributed by atoms with Gasteiger partial charge in [0.15, 0.2) is 23.0 Å². The Hall–Kier alpha value is -3.28. The van der Waals surface area contributed by atoms with Gasteiger partial charge in [-0.2, -0.15) is 0 Å². The van der Waals surface area contributed by atoms with Gasteiger partial charge in [0.1, 0.15) is 5.52 Å². The molecular formula is C25H28N2O4. The fourth-order valence-corrected chi connectivity index (χ4v) is 3.82. The summed E-state index contributed by atoms with van der Waals surface area (Å²) in [6, 6.07) is 13.5. The molecule has 6 nitrogen and oxygen atoms in total. The Morgan fingerprint density at radius 3 is 2.65 bits per heavy atom. The van der Waals surface area contributed by atoms with Gasteiger partial charge in [0.05, 0.1) is 13.2 Å². The minimum absolute atomic E-state index is 0.0116. The summed E-state index contributed by atoms with van der Waals surface area (Å²) in [6.45, 7) is 5.33. The first kappa shape index (κ1) is 21.0. The summed E-state index contributed by atoms with van der Waals surface area (Å²) >= 11 is 0. The van der Waals surface area contributed by atoms with E-state index in [9.17, 15) is 4.79 Å². The highest BCUT2D eigenvalue weighted by Crippen LogP contribution is 2.31. The number of rotatable bonds is 6. The molecule has 1 saturated heterocycles. The highest BCUT2D eigenvalue weighted by molar-refractivity contribution is 5.92. The van der Waals surface area contributed by atoms with E-state index in [1.807, 2.05) is 67.3 Å². The van der Waals surface area contributed by atoms with Crippen molar-refractivity contribution in [3.63, 3.8) is 0 Å². The second kappa shape index (κ2) is 9.25. The second-order valence-corrected chi connectivity index (χ2v) is 8.03. The number of hydrogen-bond acceptors (Lipinski definition) is 5. The first-order chi connectivity index (χ1) is 15.0. The van der Waals surface area contributed by atoms with Crippen LogP contribution in [0, 0.1) is 0 Å². The first-order valence-electron chi connectivity index (χ1n) is 10.7. The van der Waals surface area contributed by atoms with Gasteiger partial charge in [0.2, 0.25) is 5.91 Å². The van der Waals surface area contributed by atoms with Gasteiger partial charge in [-0.05, 0) is 62.6 Å². The standard InChI is InChI=1S/C25H28N2O4/c1-17(2)30-22-10-8-18(16-23(22)29-3)9-11-24(28)27-14-12-19(13-15-27)25-26-20-6-4-5-7-21(20)31-25/h4-11,16-17,19H,12-15H2,1-3H3/b11-9+. The molecule has 2 aromatic carbocycles. The molecule has 6 heteroatoms. The van der Waals surface area contributed by atoms with Gasteiger partial charge >= 0.3 is 0 Å². The van der Waals surface area contributed by atoms with Crippen LogP contribution in [0.15, 0.2) is 53.0 Å². The topological polar surface area (TPSA) is 64.8 Å². The molecule has 0 N–H and O–H groups in total. The average molecular weight is 421 g/mol. The molecular weight excluding hydrogens is 392 g/mol. The average Bonchev–Trinajstić information content (AvgIpc) is 3.22. The zero-order valence-electron chi connectivity index (χ0n) is 18.2. The summed E-state index contributed by atoms with van der Waals surface area (Å²) in [5, 5.41) is 0. The smallest absolute Gasteiger partial charge is 0.246 e. The minimum Gasteiger partial charge on any atom is -0.493 e. The maximum absolute atomic E-state index is 12.7. The van der Waals surface area contributed by atoms with Crippen molar-refractivity contribution < 1.29 is 18.7 Å². The lowest BCUT2D eigenvalue weighted by Crippen LogP contribution is -2.36. The molecule has 3 aromatic rings. The fourth-order valence-electron chi connectivity index (χ4n) is 3.82. The number of carbonyl (C=O) groups is 1. The third kappa shape index (κ3) is 4.90. The Balaban J connectivity index is 1.36. The van der Waals surface area contributed by atoms with Gasteiger partial charge in [0.25, 0.3) is 0 Å². The van der Waals surface area contributed by atoms with Crippen LogP contribution in [0.2, 0.25) is 0 Å². The van der Waals surface area contributed by atoms with E-state index in [0.717, 1.165) is 35.4 Å². The second-order valence-electron chi connectivity index (χ2n) is 8.03. The van der Waals surface area contributed by atoms with Gasteiger partial charge in [-0.15, -0.1) is 0 Å². The van der Waals surface area contributed by atoms with E-state index in [1.54, 1.807) is 13.2 Å². The molecule has 0 bridgehead atoms. The van der Waals surface area contributed by atoms with Crippen LogP contribution in [0.5, 0.6) is 11.5 Å². The van der Waals surface area contributed by atoms with Crippen LogP contribution in [0.4, 0.5) is 0 Å². The molecule has 162 valence electrons. The number of methoxy groups -OCH3 is 1. The molecule has 0 spiro atoms. The number of piperidine rings is 1. The van der Waals surface area contributed by atoms with Crippen molar-refractivity contribution in [2.24, 2.45) is 0 Å². The molecule has 2 heterocycles. The van der Waals surface area contributed by atoms with Crippen molar-refractivity contribution in [1.82, 2.24) is 9.88 Å². The summed E-state index contributed by atoms with van der Waals surface area (Å²) in [6.07, 6.45) is 5.20. The van der Waals surface area contributed by atoms with Gasteiger partial charge in [-0.1, -0.05) is 18.2 Å². The lowest BCUT2D eigenvalue weighted by atomic mass is 9.96.